The van der Waals surface area contributed by atoms with Crippen LogP contribution >= 0.6 is 11.3 Å². The van der Waals surface area contributed by atoms with Crippen LogP contribution in [0.2, 0.25) is 0 Å². The molecule has 2 amide bonds. The van der Waals surface area contributed by atoms with Crippen LogP contribution in [0.3, 0.4) is 0 Å². The highest BCUT2D eigenvalue weighted by molar-refractivity contribution is 7.10. The van der Waals surface area contributed by atoms with E-state index in [1.54, 1.807) is 11.3 Å². The highest BCUT2D eigenvalue weighted by Gasteiger charge is 2.33. The molecule has 2 aliphatic rings. The molecule has 0 radical (unpaired) electrons. The maximum absolute atomic E-state index is 12.7. The zero-order chi connectivity index (χ0) is 17.1. The number of piperazine rings is 1. The Kier molecular flexibility index (Phi) is 5.36. The van der Waals surface area contributed by atoms with Crippen LogP contribution in [-0.2, 0) is 22.6 Å². The van der Waals surface area contributed by atoms with E-state index in [4.69, 9.17) is 0 Å². The molecule has 1 aromatic heterocycles. The van der Waals surface area contributed by atoms with Crippen molar-refractivity contribution in [1.29, 1.82) is 0 Å². The molecule has 0 aromatic carbocycles. The monoisotopic (exact) mass is 347 g/mol. The Labute approximate surface area is 147 Å². The van der Waals surface area contributed by atoms with Crippen molar-refractivity contribution in [2.45, 2.75) is 39.3 Å². The number of fused-ring (bicyclic) bond motifs is 1. The Balaban J connectivity index is 1.64. The maximum atomic E-state index is 12.7. The maximum Gasteiger partial charge on any atom is 0.237 e. The van der Waals surface area contributed by atoms with Gasteiger partial charge >= 0.3 is 0 Å². The lowest BCUT2D eigenvalue weighted by molar-refractivity contribution is -0.139. The number of hydrogen-bond acceptors (Lipinski definition) is 4. The van der Waals surface area contributed by atoms with Gasteiger partial charge in [0.15, 0.2) is 0 Å². The minimum Gasteiger partial charge on any atom is -0.353 e. The molecule has 24 heavy (non-hydrogen) atoms. The van der Waals surface area contributed by atoms with Crippen LogP contribution in [0.25, 0.3) is 0 Å². The summed E-state index contributed by atoms with van der Waals surface area (Å²) in [5.74, 6) is 0.0566. The molecule has 1 saturated heterocycles. The first kappa shape index (κ1) is 17.2. The van der Waals surface area contributed by atoms with Crippen molar-refractivity contribution in [2.24, 2.45) is 0 Å². The van der Waals surface area contributed by atoms with Crippen molar-refractivity contribution in [2.75, 3.05) is 26.2 Å². The third-order valence-corrected chi connectivity index (χ3v) is 5.73. The number of amides is 2. The molecule has 6 heteroatoms. The molecule has 1 fully saturated rings. The lowest BCUT2D eigenvalue weighted by atomic mass is 10.0. The molecule has 0 saturated carbocycles. The van der Waals surface area contributed by atoms with Crippen LogP contribution in [0, 0.1) is 0 Å². The molecular formula is C18H25N3O2S. The van der Waals surface area contributed by atoms with Gasteiger partial charge in [-0.05, 0) is 37.3 Å². The number of rotatable bonds is 4. The van der Waals surface area contributed by atoms with E-state index in [1.165, 1.54) is 16.0 Å². The second kappa shape index (κ2) is 7.49. The molecule has 1 atom stereocenters. The van der Waals surface area contributed by atoms with Crippen LogP contribution in [0.4, 0.5) is 0 Å². The number of hydrogen-bond donors (Lipinski definition) is 1. The van der Waals surface area contributed by atoms with Gasteiger partial charge in [-0.2, -0.15) is 0 Å². The van der Waals surface area contributed by atoms with E-state index in [-0.39, 0.29) is 24.3 Å². The summed E-state index contributed by atoms with van der Waals surface area (Å²) in [6, 6.07) is 1.75. The van der Waals surface area contributed by atoms with Gasteiger partial charge in [-0.1, -0.05) is 11.6 Å². The first-order valence-electron chi connectivity index (χ1n) is 8.52. The smallest absolute Gasteiger partial charge is 0.237 e. The summed E-state index contributed by atoms with van der Waals surface area (Å²) in [5, 5.41) is 4.99. The largest absolute Gasteiger partial charge is 0.353 e. The minimum atomic E-state index is -0.356. The molecular weight excluding hydrogens is 322 g/mol. The van der Waals surface area contributed by atoms with Crippen LogP contribution in [-0.4, -0.2) is 53.8 Å². The summed E-state index contributed by atoms with van der Waals surface area (Å²) in [7, 11) is 0. The average Bonchev–Trinajstić information content (AvgIpc) is 3.02. The van der Waals surface area contributed by atoms with Crippen LogP contribution in [0.5, 0.6) is 0 Å². The highest BCUT2D eigenvalue weighted by Crippen LogP contribution is 2.25. The van der Waals surface area contributed by atoms with Gasteiger partial charge in [0.2, 0.25) is 11.8 Å². The number of allylic oxidation sites excluding steroid dienone is 1. The lowest BCUT2D eigenvalue weighted by Gasteiger charge is -2.36. The average molecular weight is 347 g/mol. The molecule has 1 aromatic rings. The normalized spacial score (nSPS) is 21.2. The Morgan fingerprint density at radius 3 is 3.04 bits per heavy atom. The van der Waals surface area contributed by atoms with Crippen molar-refractivity contribution in [3.63, 3.8) is 0 Å². The first-order chi connectivity index (χ1) is 11.5. The van der Waals surface area contributed by atoms with Crippen molar-refractivity contribution >= 4 is 23.2 Å². The van der Waals surface area contributed by atoms with Gasteiger partial charge in [0.1, 0.15) is 0 Å². The van der Waals surface area contributed by atoms with Crippen molar-refractivity contribution in [3.8, 4) is 0 Å². The van der Waals surface area contributed by atoms with Gasteiger partial charge in [-0.3, -0.25) is 14.5 Å². The molecule has 0 aliphatic carbocycles. The minimum absolute atomic E-state index is 0.0232. The van der Waals surface area contributed by atoms with Crippen LogP contribution in [0.15, 0.2) is 23.1 Å². The van der Waals surface area contributed by atoms with E-state index in [9.17, 15) is 9.59 Å². The van der Waals surface area contributed by atoms with Gasteiger partial charge in [-0.25, -0.2) is 0 Å². The predicted octanol–water partition coefficient (Wildman–Crippen LogP) is 1.79. The molecule has 1 N–H and O–H groups in total. The summed E-state index contributed by atoms with van der Waals surface area (Å²) in [5.41, 5.74) is 2.49. The van der Waals surface area contributed by atoms with Gasteiger partial charge in [0.25, 0.3) is 0 Å². The fourth-order valence-electron chi connectivity index (χ4n) is 3.26. The van der Waals surface area contributed by atoms with E-state index in [1.807, 2.05) is 4.90 Å². The SMILES string of the molecule is CC(C)=CCN1CCNC(=O)C1CC(=O)N1CCc2sccc2C1. The van der Waals surface area contributed by atoms with E-state index in [0.717, 1.165) is 26.1 Å². The Hall–Kier alpha value is -1.66. The molecule has 0 spiro atoms. The summed E-state index contributed by atoms with van der Waals surface area (Å²) in [4.78, 5) is 30.4. The third-order valence-electron chi connectivity index (χ3n) is 4.70. The van der Waals surface area contributed by atoms with Crippen molar-refractivity contribution in [1.82, 2.24) is 15.1 Å². The Morgan fingerprint density at radius 2 is 2.25 bits per heavy atom. The van der Waals surface area contributed by atoms with Gasteiger partial charge < -0.3 is 10.2 Å². The van der Waals surface area contributed by atoms with Gasteiger partial charge in [0.05, 0.1) is 12.5 Å². The quantitative estimate of drug-likeness (QED) is 0.845. The van der Waals surface area contributed by atoms with Crippen LogP contribution < -0.4 is 5.32 Å². The lowest BCUT2D eigenvalue weighted by Crippen LogP contribution is -2.56. The number of carbonyl (C=O) groups is 2. The second-order valence-electron chi connectivity index (χ2n) is 6.72. The van der Waals surface area contributed by atoms with E-state index >= 15 is 0 Å². The first-order valence-corrected chi connectivity index (χ1v) is 9.40. The van der Waals surface area contributed by atoms with E-state index in [0.29, 0.717) is 13.1 Å². The summed E-state index contributed by atoms with van der Waals surface area (Å²) >= 11 is 1.77. The van der Waals surface area contributed by atoms with E-state index in [2.05, 4.69) is 41.6 Å². The molecule has 0 bridgehead atoms. The summed E-state index contributed by atoms with van der Waals surface area (Å²) < 4.78 is 0. The zero-order valence-corrected chi connectivity index (χ0v) is 15.2. The fourth-order valence-corrected chi connectivity index (χ4v) is 4.15. The molecule has 5 nitrogen and oxygen atoms in total. The van der Waals surface area contributed by atoms with Crippen molar-refractivity contribution < 1.29 is 9.59 Å². The standard InChI is InChI=1S/C18H25N3O2S/c1-13(2)3-7-20-9-6-19-18(23)15(20)11-17(22)21-8-4-16-14(12-21)5-10-24-16/h3,5,10,15H,4,6-9,11-12H2,1-2H3,(H,19,23). The molecule has 130 valence electrons. The zero-order valence-electron chi connectivity index (χ0n) is 14.4. The van der Waals surface area contributed by atoms with E-state index < -0.39 is 0 Å². The van der Waals surface area contributed by atoms with Gasteiger partial charge in [-0.15, -0.1) is 11.3 Å². The van der Waals surface area contributed by atoms with Crippen LogP contribution in [0.1, 0.15) is 30.7 Å². The summed E-state index contributed by atoms with van der Waals surface area (Å²) in [6.07, 6.45) is 3.31. The fraction of sp³-hybridized carbons (Fsp3) is 0.556. The number of nitrogens with one attached hydrogen (secondary N) is 1. The third kappa shape index (κ3) is 3.87. The molecule has 3 heterocycles. The second-order valence-corrected chi connectivity index (χ2v) is 7.72. The Morgan fingerprint density at radius 1 is 1.42 bits per heavy atom. The molecule has 1 unspecified atom stereocenters. The highest BCUT2D eigenvalue weighted by atomic mass is 32.1. The topological polar surface area (TPSA) is 52.7 Å². The van der Waals surface area contributed by atoms with Crippen molar-refractivity contribution in [3.05, 3.63) is 33.5 Å². The Bertz CT molecular complexity index is 648. The summed E-state index contributed by atoms with van der Waals surface area (Å²) in [6.45, 7) is 7.72. The predicted molar refractivity (Wildman–Crippen MR) is 95.9 cm³/mol. The van der Waals surface area contributed by atoms with Gasteiger partial charge in [0, 0.05) is 37.6 Å². The molecule has 2 aliphatic heterocycles. The number of carbonyl (C=O) groups excluding carboxylic acids is 2. The number of nitrogens with zero attached hydrogens (tertiary/aromatic N) is 2. The molecule has 3 rings (SSSR count). The number of thiophene rings is 1.